The fourth-order valence-corrected chi connectivity index (χ4v) is 9.35. The zero-order valence-corrected chi connectivity index (χ0v) is 29.0. The monoisotopic (exact) mass is 778 g/mol. The van der Waals surface area contributed by atoms with Crippen molar-refractivity contribution in [2.24, 2.45) is 0 Å². The quantitative estimate of drug-likeness (QED) is 0.157. The second-order valence-electron chi connectivity index (χ2n) is 12.5. The Bertz CT molecular complexity index is 2100. The van der Waals surface area contributed by atoms with E-state index in [-0.39, 0.29) is 60.4 Å². The van der Waals surface area contributed by atoms with Crippen molar-refractivity contribution in [3.05, 3.63) is 24.0 Å². The van der Waals surface area contributed by atoms with Gasteiger partial charge in [-0.25, -0.2) is 33.7 Å². The van der Waals surface area contributed by atoms with E-state index in [1.54, 1.807) is 0 Å². The van der Waals surface area contributed by atoms with Gasteiger partial charge in [0.2, 0.25) is 19.4 Å². The van der Waals surface area contributed by atoms with E-state index in [9.17, 15) is 24.2 Å². The average molecular weight is 778 g/mol. The zero-order valence-electron chi connectivity index (χ0n) is 26.4. The van der Waals surface area contributed by atoms with E-state index >= 15 is 4.39 Å². The van der Waals surface area contributed by atoms with Gasteiger partial charge in [0.05, 0.1) is 35.4 Å². The van der Waals surface area contributed by atoms with Crippen molar-refractivity contribution in [1.29, 1.82) is 0 Å². The number of aliphatic hydroxyl groups is 1. The van der Waals surface area contributed by atoms with Crippen LogP contribution in [0.2, 0.25) is 0 Å². The van der Waals surface area contributed by atoms with Crippen LogP contribution in [0, 0.1) is 0 Å². The lowest BCUT2D eigenvalue weighted by atomic mass is 10.1. The molecule has 2 amide bonds. The number of alkyl halides is 1. The first kappa shape index (κ1) is 34.4. The molecule has 3 saturated heterocycles. The van der Waals surface area contributed by atoms with E-state index in [1.165, 1.54) is 17.3 Å². The van der Waals surface area contributed by atoms with E-state index < -0.39 is 76.6 Å². The largest absolute Gasteiger partial charge is 0.385 e. The average Bonchev–Trinajstić information content (AvgIpc) is 3.76. The third-order valence-corrected chi connectivity index (χ3v) is 11.8. The fraction of sp³-hybridized carbons (Fsp3) is 0.538. The molecule has 2 radical (unpaired) electrons. The highest BCUT2D eigenvalue weighted by Gasteiger charge is 2.54. The van der Waals surface area contributed by atoms with E-state index in [2.05, 4.69) is 40.8 Å². The number of ether oxygens (including phenoxy) is 2. The maximum atomic E-state index is 16.4. The number of amides is 2. The number of nitrogens with zero attached hydrogens (tertiary/aromatic N) is 8. The Balaban J connectivity index is 1.00. The summed E-state index contributed by atoms with van der Waals surface area (Å²) in [5.41, 5.74) is 1.24. The van der Waals surface area contributed by atoms with E-state index in [1.807, 2.05) is 0 Å². The first-order valence-electron chi connectivity index (χ1n) is 15.9. The van der Waals surface area contributed by atoms with Gasteiger partial charge in [0, 0.05) is 25.7 Å². The summed E-state index contributed by atoms with van der Waals surface area (Å²) in [7, 11) is 1.35. The third-order valence-electron chi connectivity index (χ3n) is 9.22. The van der Waals surface area contributed by atoms with E-state index in [0.29, 0.717) is 22.2 Å². The van der Waals surface area contributed by atoms with Crippen LogP contribution in [0.5, 0.6) is 0 Å². The lowest BCUT2D eigenvalue weighted by Crippen LogP contribution is -2.38. The van der Waals surface area contributed by atoms with Crippen LogP contribution in [0.15, 0.2) is 12.7 Å². The highest BCUT2D eigenvalue weighted by Crippen LogP contribution is 2.54. The number of aromatic nitrogens is 8. The Morgan fingerprint density at radius 2 is 1.37 bits per heavy atom. The molecule has 0 bridgehead atoms. The summed E-state index contributed by atoms with van der Waals surface area (Å²) >= 11 is 5.28. The van der Waals surface area contributed by atoms with Crippen molar-refractivity contribution in [3.63, 3.8) is 0 Å². The molecule has 4 aromatic heterocycles. The van der Waals surface area contributed by atoms with Gasteiger partial charge in [-0.2, -0.15) is 10.2 Å². The summed E-state index contributed by atoms with van der Waals surface area (Å²) in [4.78, 5) is 52.2. The van der Waals surface area contributed by atoms with Crippen LogP contribution in [0.1, 0.15) is 36.7 Å². The molecule has 9 rings (SSSR count). The molecule has 5 aliphatic heterocycles. The van der Waals surface area contributed by atoms with Crippen LogP contribution in [0.25, 0.3) is 22.1 Å². The van der Waals surface area contributed by atoms with Crippen LogP contribution >= 0.6 is 14.2 Å². The lowest BCUT2D eigenvalue weighted by molar-refractivity contribution is -0.117. The molecule has 5 aliphatic rings. The van der Waals surface area contributed by atoms with Gasteiger partial charge in [-0.3, -0.25) is 18.7 Å². The summed E-state index contributed by atoms with van der Waals surface area (Å²) in [6.07, 6.45) is -9.36. The number of aliphatic hydroxyl groups excluding tert-OH is 1. The molecule has 10 atom stereocenters. The summed E-state index contributed by atoms with van der Waals surface area (Å²) in [6.45, 7) is -5.57. The molecule has 4 aromatic rings. The Morgan fingerprint density at radius 1 is 0.827 bits per heavy atom. The summed E-state index contributed by atoms with van der Waals surface area (Å²) < 4.78 is 66.8. The molecule has 6 unspecified atom stereocenters. The third kappa shape index (κ3) is 5.86. The number of rotatable bonds is 2. The SMILES string of the molecule is [B]P1(=O)OC[C@H]2O[C@@H](n3nc4c5c(ncnc53)NC(=O)CC4)C(O)C2OP(O)(=S)OC[C@H]2O[C@@H](n3nc4c5c(ncnc53)NC(=O)CC4)C(F)C2O1. The van der Waals surface area contributed by atoms with Crippen molar-refractivity contribution in [2.45, 2.75) is 74.8 Å². The molecule has 4 N–H and O–H groups in total. The van der Waals surface area contributed by atoms with Gasteiger partial charge in [-0.1, -0.05) is 0 Å². The second-order valence-corrected chi connectivity index (χ2v) is 16.9. The van der Waals surface area contributed by atoms with Gasteiger partial charge in [0.1, 0.15) is 54.8 Å². The molecular formula is C26H26BFN10O11P2S. The summed E-state index contributed by atoms with van der Waals surface area (Å²) in [5, 5.41) is 26.7. The van der Waals surface area contributed by atoms with Crippen molar-refractivity contribution in [3.8, 4) is 0 Å². The molecule has 21 nitrogen and oxygen atoms in total. The van der Waals surface area contributed by atoms with Gasteiger partial charge < -0.3 is 43.7 Å². The Hall–Kier alpha value is -3.41. The number of nitrogens with one attached hydrogen (secondary N) is 2. The zero-order chi connectivity index (χ0) is 36.1. The van der Waals surface area contributed by atoms with Gasteiger partial charge in [-0.05, 0) is 11.8 Å². The standard InChI is InChI=1S/C26H26BFN10O11P2S/c27-50(42)44-5-12-20(18(41)26(47-12)38-24-16-10(36-38)2-4-14(40)34-22(16)30-8-32-24)49-51(43,52)45-6-11-19(48-50)17(28)25(46-11)37-23-15-9(35-37)1-3-13(39)33-21(15)29-7-31-23/h7-8,11-12,17-20,25-26,41H,1-6H2,(H,43,52)(H,29,31,33,39)(H,30,32,34,40)/t11-,12-,17?,18?,19?,20?,25-,26-,50?,51?/m1/s1. The maximum absolute atomic E-state index is 16.4. The molecule has 0 spiro atoms. The molecule has 0 aromatic carbocycles. The number of anilines is 2. The van der Waals surface area contributed by atoms with Crippen molar-refractivity contribution in [2.75, 3.05) is 23.8 Å². The fourth-order valence-electron chi connectivity index (χ4n) is 6.90. The van der Waals surface area contributed by atoms with E-state index in [0.717, 1.165) is 4.68 Å². The number of carbonyl (C=O) groups is 2. The number of hydrogen-bond donors (Lipinski definition) is 4. The molecule has 9 heterocycles. The van der Waals surface area contributed by atoms with Gasteiger partial charge in [-0.15, -0.1) is 0 Å². The van der Waals surface area contributed by atoms with Crippen LogP contribution in [-0.4, -0.2) is 119 Å². The summed E-state index contributed by atoms with van der Waals surface area (Å²) in [5.74, 6) is -0.0954. The second kappa shape index (κ2) is 12.6. The first-order chi connectivity index (χ1) is 24.9. The van der Waals surface area contributed by atoms with Crippen molar-refractivity contribution in [1.82, 2.24) is 39.5 Å². The van der Waals surface area contributed by atoms with Crippen LogP contribution in [-0.2, 0) is 66.4 Å². The minimum atomic E-state index is -4.62. The van der Waals surface area contributed by atoms with Crippen LogP contribution < -0.4 is 10.6 Å². The van der Waals surface area contributed by atoms with Crippen LogP contribution in [0.4, 0.5) is 16.0 Å². The molecule has 3 fully saturated rings. The molecule has 0 saturated carbocycles. The number of fused-ring (bicyclic) bond motifs is 2. The Labute approximate surface area is 297 Å². The smallest absolute Gasteiger partial charge is 0.325 e. The predicted octanol–water partition coefficient (Wildman–Crippen LogP) is 0.240. The van der Waals surface area contributed by atoms with Gasteiger partial charge in [0.25, 0.3) is 7.47 Å². The maximum Gasteiger partial charge on any atom is 0.325 e. The minimum absolute atomic E-state index is 0.0970. The highest BCUT2D eigenvalue weighted by molar-refractivity contribution is 8.07. The first-order valence-corrected chi connectivity index (χ1v) is 20.1. The highest BCUT2D eigenvalue weighted by atomic mass is 32.5. The van der Waals surface area contributed by atoms with Crippen molar-refractivity contribution >= 4 is 79.1 Å². The predicted molar refractivity (Wildman–Crippen MR) is 175 cm³/mol. The molecule has 52 heavy (non-hydrogen) atoms. The molecular weight excluding hydrogens is 752 g/mol. The molecule has 26 heteroatoms. The number of halogens is 1. The topological polar surface area (TPSA) is 258 Å². The number of hydrogen-bond acceptors (Lipinski definition) is 17. The Morgan fingerprint density at radius 3 is 1.98 bits per heavy atom. The number of aryl methyl sites for hydroxylation is 2. The molecule has 272 valence electrons. The summed E-state index contributed by atoms with van der Waals surface area (Å²) in [6, 6.07) is 0. The normalized spacial score (nSPS) is 36.6. The van der Waals surface area contributed by atoms with Gasteiger partial charge in [0.15, 0.2) is 29.9 Å². The van der Waals surface area contributed by atoms with E-state index in [4.69, 9.17) is 46.9 Å². The van der Waals surface area contributed by atoms with Gasteiger partial charge >= 0.3 is 6.72 Å². The van der Waals surface area contributed by atoms with Crippen LogP contribution in [0.3, 0.4) is 0 Å². The Kier molecular flexibility index (Phi) is 8.32. The van der Waals surface area contributed by atoms with Crippen molar-refractivity contribution < 1.29 is 56.1 Å². The molecule has 0 aliphatic carbocycles. The number of carbonyl (C=O) groups excluding carboxylic acids is 2. The minimum Gasteiger partial charge on any atom is -0.385 e. The lowest BCUT2D eigenvalue weighted by Gasteiger charge is -2.30.